The molecular weight excluding hydrogens is 438 g/mol. The average molecular weight is 459 g/mol. The van der Waals surface area contributed by atoms with Crippen molar-refractivity contribution in [1.29, 1.82) is 0 Å². The summed E-state index contributed by atoms with van der Waals surface area (Å²) in [7, 11) is 3.01. The minimum Gasteiger partial charge on any atom is -0.497 e. The number of rotatable bonds is 7. The van der Waals surface area contributed by atoms with E-state index in [4.69, 9.17) is 9.47 Å². The highest BCUT2D eigenvalue weighted by Gasteiger charge is 2.41. The lowest BCUT2D eigenvalue weighted by Crippen LogP contribution is -2.33. The van der Waals surface area contributed by atoms with Gasteiger partial charge in [-0.15, -0.1) is 0 Å². The minimum atomic E-state index is -0.547. The molecule has 3 aromatic carbocycles. The molecule has 0 spiro atoms. The minimum absolute atomic E-state index is 0.0393. The molecule has 1 aliphatic heterocycles. The Morgan fingerprint density at radius 2 is 1.50 bits per heavy atom. The highest BCUT2D eigenvalue weighted by molar-refractivity contribution is 6.46. The lowest BCUT2D eigenvalue weighted by molar-refractivity contribution is -0.384. The Bertz CT molecular complexity index is 1310. The van der Waals surface area contributed by atoms with Crippen molar-refractivity contribution in [3.8, 4) is 11.5 Å². The fourth-order valence-electron chi connectivity index (χ4n) is 3.72. The summed E-state index contributed by atoms with van der Waals surface area (Å²) in [6.07, 6.45) is 0. The molecule has 0 fully saturated rings. The van der Waals surface area contributed by atoms with Crippen LogP contribution in [-0.4, -0.2) is 31.0 Å². The van der Waals surface area contributed by atoms with Crippen LogP contribution in [0.2, 0.25) is 0 Å². The standard InChI is InChI=1S/C25H21N3O6/c1-15-6-4-5-7-21(15)27-24(29)22(16-8-10-18(11-9-16)28(31)32)23(25(27)30)26-17-12-19(33-2)14-20(13-17)34-3/h4-14,26H,1-3H3. The molecule has 0 unspecified atom stereocenters. The van der Waals surface area contributed by atoms with Gasteiger partial charge >= 0.3 is 0 Å². The number of para-hydroxylation sites is 1. The van der Waals surface area contributed by atoms with Gasteiger partial charge < -0.3 is 14.8 Å². The van der Waals surface area contributed by atoms with E-state index in [1.54, 1.807) is 43.3 Å². The number of nitrogens with one attached hydrogen (secondary N) is 1. The monoisotopic (exact) mass is 459 g/mol. The molecule has 1 heterocycles. The summed E-state index contributed by atoms with van der Waals surface area (Å²) in [5.41, 5.74) is 2.07. The van der Waals surface area contributed by atoms with E-state index in [2.05, 4.69) is 5.32 Å². The number of amides is 2. The zero-order valence-corrected chi connectivity index (χ0v) is 18.7. The van der Waals surface area contributed by atoms with Crippen LogP contribution in [0.25, 0.3) is 5.57 Å². The van der Waals surface area contributed by atoms with Crippen molar-refractivity contribution in [2.45, 2.75) is 6.92 Å². The van der Waals surface area contributed by atoms with Crippen LogP contribution in [0.5, 0.6) is 11.5 Å². The smallest absolute Gasteiger partial charge is 0.282 e. The van der Waals surface area contributed by atoms with E-state index in [1.165, 1.54) is 38.5 Å². The van der Waals surface area contributed by atoms with Gasteiger partial charge in [0.25, 0.3) is 17.5 Å². The second-order valence-electron chi connectivity index (χ2n) is 7.51. The van der Waals surface area contributed by atoms with Gasteiger partial charge in [0.05, 0.1) is 30.4 Å². The molecule has 4 rings (SSSR count). The van der Waals surface area contributed by atoms with E-state index in [-0.39, 0.29) is 17.0 Å². The first-order chi connectivity index (χ1) is 16.3. The Balaban J connectivity index is 1.85. The topological polar surface area (TPSA) is 111 Å². The molecule has 2 amide bonds. The molecule has 0 saturated carbocycles. The number of nitrogens with zero attached hydrogens (tertiary/aromatic N) is 2. The van der Waals surface area contributed by atoms with Crippen LogP contribution in [0.1, 0.15) is 11.1 Å². The maximum atomic E-state index is 13.6. The number of nitro benzene ring substituents is 1. The molecule has 3 aromatic rings. The Labute approximate surface area is 195 Å². The lowest BCUT2D eigenvalue weighted by atomic mass is 10.0. The Hall–Kier alpha value is -4.66. The molecule has 9 heteroatoms. The highest BCUT2D eigenvalue weighted by Crippen LogP contribution is 2.36. The first-order valence-electron chi connectivity index (χ1n) is 10.3. The SMILES string of the molecule is COc1cc(NC2=C(c3ccc([N+](=O)[O-])cc3)C(=O)N(c3ccccc3C)C2=O)cc(OC)c1. The molecule has 0 aromatic heterocycles. The van der Waals surface area contributed by atoms with Crippen LogP contribution in [0.4, 0.5) is 17.1 Å². The zero-order valence-electron chi connectivity index (χ0n) is 18.7. The summed E-state index contributed by atoms with van der Waals surface area (Å²) in [5.74, 6) is -0.0984. The van der Waals surface area contributed by atoms with Gasteiger partial charge in [-0.25, -0.2) is 4.90 Å². The number of imide groups is 1. The number of carbonyl (C=O) groups excluding carboxylic acids is 2. The van der Waals surface area contributed by atoms with E-state index in [0.717, 1.165) is 10.5 Å². The zero-order chi connectivity index (χ0) is 24.4. The van der Waals surface area contributed by atoms with Crippen LogP contribution < -0.4 is 19.7 Å². The Kier molecular flexibility index (Phi) is 6.01. The van der Waals surface area contributed by atoms with E-state index in [9.17, 15) is 19.7 Å². The summed E-state index contributed by atoms with van der Waals surface area (Å²) in [6, 6.07) is 17.6. The number of hydrogen-bond acceptors (Lipinski definition) is 7. The fraction of sp³-hybridized carbons (Fsp3) is 0.120. The number of benzene rings is 3. The van der Waals surface area contributed by atoms with E-state index in [1.807, 2.05) is 6.07 Å². The number of carbonyl (C=O) groups is 2. The molecule has 34 heavy (non-hydrogen) atoms. The van der Waals surface area contributed by atoms with Gasteiger partial charge in [0.2, 0.25) is 0 Å². The van der Waals surface area contributed by atoms with Gasteiger partial charge in [0.15, 0.2) is 0 Å². The van der Waals surface area contributed by atoms with Crippen molar-refractivity contribution >= 4 is 34.4 Å². The molecule has 0 aliphatic carbocycles. The summed E-state index contributed by atoms with van der Waals surface area (Å²) in [4.78, 5) is 38.8. The Morgan fingerprint density at radius 3 is 2.06 bits per heavy atom. The van der Waals surface area contributed by atoms with Crippen LogP contribution in [0.15, 0.2) is 72.4 Å². The lowest BCUT2D eigenvalue weighted by Gasteiger charge is -2.17. The molecule has 0 atom stereocenters. The van der Waals surface area contributed by atoms with Gasteiger partial charge in [-0.1, -0.05) is 18.2 Å². The van der Waals surface area contributed by atoms with E-state index in [0.29, 0.717) is 28.4 Å². The molecule has 172 valence electrons. The van der Waals surface area contributed by atoms with Gasteiger partial charge in [0, 0.05) is 36.0 Å². The number of methoxy groups -OCH3 is 2. The summed E-state index contributed by atoms with van der Waals surface area (Å²) < 4.78 is 10.6. The van der Waals surface area contributed by atoms with Gasteiger partial charge in [-0.2, -0.15) is 0 Å². The van der Waals surface area contributed by atoms with E-state index < -0.39 is 16.7 Å². The predicted molar refractivity (Wildman–Crippen MR) is 127 cm³/mol. The molecule has 1 aliphatic rings. The third kappa shape index (κ3) is 4.06. The second kappa shape index (κ2) is 9.07. The maximum absolute atomic E-state index is 13.6. The second-order valence-corrected chi connectivity index (χ2v) is 7.51. The first kappa shape index (κ1) is 22.5. The highest BCUT2D eigenvalue weighted by atomic mass is 16.6. The summed E-state index contributed by atoms with van der Waals surface area (Å²) in [6.45, 7) is 1.81. The van der Waals surface area contributed by atoms with Gasteiger partial charge in [-0.3, -0.25) is 19.7 Å². The molecule has 9 nitrogen and oxygen atoms in total. The van der Waals surface area contributed by atoms with E-state index >= 15 is 0 Å². The number of nitro groups is 1. The third-order valence-corrected chi connectivity index (χ3v) is 5.43. The van der Waals surface area contributed by atoms with Crippen molar-refractivity contribution in [2.75, 3.05) is 24.4 Å². The van der Waals surface area contributed by atoms with Crippen LogP contribution in [-0.2, 0) is 9.59 Å². The molecule has 0 radical (unpaired) electrons. The number of non-ortho nitro benzene ring substituents is 1. The molecule has 0 bridgehead atoms. The van der Waals surface area contributed by atoms with Crippen molar-refractivity contribution in [3.05, 3.63) is 93.7 Å². The molecular formula is C25H21N3O6. The van der Waals surface area contributed by atoms with Crippen LogP contribution >= 0.6 is 0 Å². The summed E-state index contributed by atoms with van der Waals surface area (Å²) in [5, 5.41) is 14.1. The predicted octanol–water partition coefficient (Wildman–Crippen LogP) is 4.32. The quantitative estimate of drug-likeness (QED) is 0.318. The first-order valence-corrected chi connectivity index (χ1v) is 10.3. The van der Waals surface area contributed by atoms with Gasteiger partial charge in [-0.05, 0) is 36.2 Å². The van der Waals surface area contributed by atoms with Crippen molar-refractivity contribution in [1.82, 2.24) is 0 Å². The molecule has 1 N–H and O–H groups in total. The number of hydrogen-bond donors (Lipinski definition) is 1. The number of aryl methyl sites for hydroxylation is 1. The van der Waals surface area contributed by atoms with Crippen molar-refractivity contribution < 1.29 is 24.0 Å². The summed E-state index contributed by atoms with van der Waals surface area (Å²) >= 11 is 0. The normalized spacial score (nSPS) is 13.3. The van der Waals surface area contributed by atoms with Gasteiger partial charge in [0.1, 0.15) is 17.2 Å². The van der Waals surface area contributed by atoms with Crippen LogP contribution in [0.3, 0.4) is 0 Å². The van der Waals surface area contributed by atoms with Crippen molar-refractivity contribution in [3.63, 3.8) is 0 Å². The maximum Gasteiger partial charge on any atom is 0.282 e. The molecule has 0 saturated heterocycles. The number of anilines is 2. The average Bonchev–Trinajstić information content (AvgIpc) is 3.08. The van der Waals surface area contributed by atoms with Crippen LogP contribution in [0, 0.1) is 17.0 Å². The third-order valence-electron chi connectivity index (χ3n) is 5.43. The number of ether oxygens (including phenoxy) is 2. The van der Waals surface area contributed by atoms with Crippen molar-refractivity contribution in [2.24, 2.45) is 0 Å². The largest absolute Gasteiger partial charge is 0.497 e. The fourth-order valence-corrected chi connectivity index (χ4v) is 3.72. The Morgan fingerprint density at radius 1 is 0.882 bits per heavy atom.